The SMILES string of the molecule is CC(C)CNS(=O)(=O)c1ccc(C(=O)CCC(=O)O)cc1. The van der Waals surface area contributed by atoms with Crippen LogP contribution in [0.4, 0.5) is 0 Å². The quantitative estimate of drug-likeness (QED) is 0.711. The monoisotopic (exact) mass is 313 g/mol. The molecule has 0 unspecified atom stereocenters. The van der Waals surface area contributed by atoms with Gasteiger partial charge in [-0.15, -0.1) is 0 Å². The molecule has 1 aromatic rings. The van der Waals surface area contributed by atoms with Crippen LogP contribution in [0.5, 0.6) is 0 Å². The van der Waals surface area contributed by atoms with E-state index in [2.05, 4.69) is 4.72 Å². The van der Waals surface area contributed by atoms with Gasteiger partial charge < -0.3 is 5.11 Å². The van der Waals surface area contributed by atoms with Gasteiger partial charge in [-0.05, 0) is 18.1 Å². The minimum absolute atomic E-state index is 0.0814. The molecule has 2 N–H and O–H groups in total. The Balaban J connectivity index is 2.77. The lowest BCUT2D eigenvalue weighted by molar-refractivity contribution is -0.136. The summed E-state index contributed by atoms with van der Waals surface area (Å²) in [4.78, 5) is 22.2. The third-order valence-electron chi connectivity index (χ3n) is 2.73. The van der Waals surface area contributed by atoms with Gasteiger partial charge in [0.15, 0.2) is 5.78 Å². The van der Waals surface area contributed by atoms with Crippen molar-refractivity contribution >= 4 is 21.8 Å². The number of nitrogens with one attached hydrogen (secondary N) is 1. The maximum Gasteiger partial charge on any atom is 0.303 e. The summed E-state index contributed by atoms with van der Waals surface area (Å²) in [5, 5.41) is 8.52. The molecular weight excluding hydrogens is 294 g/mol. The molecule has 0 aromatic heterocycles. The summed E-state index contributed by atoms with van der Waals surface area (Å²) in [5.74, 6) is -1.17. The number of Topliss-reactive ketones (excluding diaryl/α,β-unsaturated/α-hetero) is 1. The molecule has 1 rings (SSSR count). The van der Waals surface area contributed by atoms with Gasteiger partial charge in [0, 0.05) is 18.5 Å². The summed E-state index contributed by atoms with van der Waals surface area (Å²) in [6.45, 7) is 4.13. The number of carboxylic acids is 1. The van der Waals surface area contributed by atoms with Gasteiger partial charge in [0.25, 0.3) is 0 Å². The predicted molar refractivity (Wildman–Crippen MR) is 77.7 cm³/mol. The Labute approximate surface area is 124 Å². The molecule has 0 saturated heterocycles. The fraction of sp³-hybridized carbons (Fsp3) is 0.429. The second kappa shape index (κ2) is 7.33. The van der Waals surface area contributed by atoms with Crippen molar-refractivity contribution in [3.63, 3.8) is 0 Å². The Bertz CT molecular complexity index is 605. The third-order valence-corrected chi connectivity index (χ3v) is 4.17. The molecule has 0 spiro atoms. The van der Waals surface area contributed by atoms with Crippen LogP contribution < -0.4 is 4.72 Å². The largest absolute Gasteiger partial charge is 0.481 e. The van der Waals surface area contributed by atoms with E-state index in [4.69, 9.17) is 5.11 Å². The van der Waals surface area contributed by atoms with Crippen molar-refractivity contribution in [3.8, 4) is 0 Å². The molecule has 0 amide bonds. The van der Waals surface area contributed by atoms with Gasteiger partial charge in [-0.3, -0.25) is 9.59 Å². The third kappa shape index (κ3) is 5.65. The first-order chi connectivity index (χ1) is 9.72. The minimum atomic E-state index is -3.58. The Hall–Kier alpha value is -1.73. The second-order valence-electron chi connectivity index (χ2n) is 5.09. The summed E-state index contributed by atoms with van der Waals surface area (Å²) in [6, 6.07) is 5.48. The van der Waals surface area contributed by atoms with E-state index in [-0.39, 0.29) is 29.4 Å². The van der Waals surface area contributed by atoms with Gasteiger partial charge in [0.2, 0.25) is 10.0 Å². The van der Waals surface area contributed by atoms with E-state index >= 15 is 0 Å². The molecule has 0 saturated carbocycles. The molecule has 0 bridgehead atoms. The number of carboxylic acid groups (broad SMARTS) is 1. The van der Waals surface area contributed by atoms with E-state index in [1.54, 1.807) is 0 Å². The van der Waals surface area contributed by atoms with Crippen LogP contribution in [0, 0.1) is 5.92 Å². The maximum absolute atomic E-state index is 12.0. The second-order valence-corrected chi connectivity index (χ2v) is 6.85. The van der Waals surface area contributed by atoms with Gasteiger partial charge in [0.05, 0.1) is 11.3 Å². The zero-order valence-corrected chi connectivity index (χ0v) is 12.8. The molecule has 0 aliphatic carbocycles. The number of ketones is 1. The number of rotatable bonds is 8. The van der Waals surface area contributed by atoms with Crippen molar-refractivity contribution in [2.75, 3.05) is 6.54 Å². The van der Waals surface area contributed by atoms with Crippen LogP contribution >= 0.6 is 0 Å². The molecule has 0 aliphatic heterocycles. The highest BCUT2D eigenvalue weighted by atomic mass is 32.2. The van der Waals surface area contributed by atoms with Crippen molar-refractivity contribution in [2.45, 2.75) is 31.6 Å². The van der Waals surface area contributed by atoms with E-state index in [1.807, 2.05) is 13.8 Å². The van der Waals surface area contributed by atoms with Crippen molar-refractivity contribution < 1.29 is 23.1 Å². The summed E-state index contributed by atoms with van der Waals surface area (Å²) >= 11 is 0. The zero-order chi connectivity index (χ0) is 16.0. The highest BCUT2D eigenvalue weighted by Gasteiger charge is 2.15. The summed E-state index contributed by atoms with van der Waals surface area (Å²) < 4.78 is 26.4. The van der Waals surface area contributed by atoms with E-state index < -0.39 is 16.0 Å². The van der Waals surface area contributed by atoms with Crippen LogP contribution in [0.15, 0.2) is 29.2 Å². The van der Waals surface area contributed by atoms with Gasteiger partial charge in [0.1, 0.15) is 0 Å². The first-order valence-corrected chi connectivity index (χ1v) is 8.05. The topological polar surface area (TPSA) is 101 Å². The van der Waals surface area contributed by atoms with Crippen LogP contribution in [0.2, 0.25) is 0 Å². The fourth-order valence-electron chi connectivity index (χ4n) is 1.54. The van der Waals surface area contributed by atoms with Crippen LogP contribution in [-0.4, -0.2) is 31.8 Å². The molecule has 0 aliphatic rings. The Morgan fingerprint density at radius 1 is 1.14 bits per heavy atom. The number of carbonyl (C=O) groups excluding carboxylic acids is 1. The van der Waals surface area contributed by atoms with Crippen LogP contribution in [0.3, 0.4) is 0 Å². The van der Waals surface area contributed by atoms with Gasteiger partial charge >= 0.3 is 5.97 Å². The number of hydrogen-bond acceptors (Lipinski definition) is 4. The lowest BCUT2D eigenvalue weighted by Crippen LogP contribution is -2.27. The van der Waals surface area contributed by atoms with E-state index in [0.29, 0.717) is 12.1 Å². The number of hydrogen-bond donors (Lipinski definition) is 2. The molecule has 1 aromatic carbocycles. The fourth-order valence-corrected chi connectivity index (χ4v) is 2.76. The maximum atomic E-state index is 12.0. The summed E-state index contributed by atoms with van der Waals surface area (Å²) in [5.41, 5.74) is 0.305. The number of aliphatic carboxylic acids is 1. The predicted octanol–water partition coefficient (Wildman–Crippen LogP) is 1.67. The smallest absolute Gasteiger partial charge is 0.303 e. The first-order valence-electron chi connectivity index (χ1n) is 6.57. The number of sulfonamides is 1. The highest BCUT2D eigenvalue weighted by Crippen LogP contribution is 2.13. The van der Waals surface area contributed by atoms with E-state index in [1.165, 1.54) is 24.3 Å². The highest BCUT2D eigenvalue weighted by molar-refractivity contribution is 7.89. The lowest BCUT2D eigenvalue weighted by atomic mass is 10.1. The number of benzene rings is 1. The summed E-state index contributed by atoms with van der Waals surface area (Å²) in [7, 11) is -3.58. The van der Waals surface area contributed by atoms with Crippen molar-refractivity contribution in [2.24, 2.45) is 5.92 Å². The van der Waals surface area contributed by atoms with Gasteiger partial charge in [-0.25, -0.2) is 13.1 Å². The van der Waals surface area contributed by atoms with Crippen LogP contribution in [0.1, 0.15) is 37.0 Å². The standard InChI is InChI=1S/C14H19NO5S/c1-10(2)9-15-21(19,20)12-5-3-11(4-6-12)13(16)7-8-14(17)18/h3-6,10,15H,7-9H2,1-2H3,(H,17,18). The molecule has 7 heteroatoms. The molecule has 0 fully saturated rings. The molecular formula is C14H19NO5S. The van der Waals surface area contributed by atoms with Crippen molar-refractivity contribution in [1.82, 2.24) is 4.72 Å². The molecule has 0 atom stereocenters. The summed E-state index contributed by atoms with van der Waals surface area (Å²) in [6.07, 6.45) is -0.345. The van der Waals surface area contributed by atoms with E-state index in [9.17, 15) is 18.0 Å². The Morgan fingerprint density at radius 2 is 1.71 bits per heavy atom. The van der Waals surface area contributed by atoms with Crippen LogP contribution in [-0.2, 0) is 14.8 Å². The molecule has 6 nitrogen and oxygen atoms in total. The Morgan fingerprint density at radius 3 is 2.19 bits per heavy atom. The molecule has 116 valence electrons. The van der Waals surface area contributed by atoms with Gasteiger partial charge in [-0.1, -0.05) is 26.0 Å². The molecule has 0 radical (unpaired) electrons. The van der Waals surface area contributed by atoms with Crippen LogP contribution in [0.25, 0.3) is 0 Å². The minimum Gasteiger partial charge on any atom is -0.481 e. The number of carbonyl (C=O) groups is 2. The van der Waals surface area contributed by atoms with Gasteiger partial charge in [-0.2, -0.15) is 0 Å². The average Bonchev–Trinajstić information content (AvgIpc) is 2.43. The molecule has 0 heterocycles. The average molecular weight is 313 g/mol. The van der Waals surface area contributed by atoms with E-state index in [0.717, 1.165) is 0 Å². The first kappa shape index (κ1) is 17.3. The normalized spacial score (nSPS) is 11.6. The van der Waals surface area contributed by atoms with Crippen molar-refractivity contribution in [3.05, 3.63) is 29.8 Å². The molecule has 21 heavy (non-hydrogen) atoms. The zero-order valence-electron chi connectivity index (χ0n) is 12.0. The van der Waals surface area contributed by atoms with Crippen molar-refractivity contribution in [1.29, 1.82) is 0 Å². The Kier molecular flexibility index (Phi) is 6.04. The lowest BCUT2D eigenvalue weighted by Gasteiger charge is -2.09.